The number of carbonyl (C=O) groups excluding carboxylic acids is 2. The van der Waals surface area contributed by atoms with E-state index in [2.05, 4.69) is 10.6 Å². The van der Waals surface area contributed by atoms with Gasteiger partial charge in [0.1, 0.15) is 0 Å². The quantitative estimate of drug-likeness (QED) is 0.207. The molecule has 206 valence electrons. The highest BCUT2D eigenvalue weighted by Gasteiger charge is 2.36. The predicted octanol–water partition coefficient (Wildman–Crippen LogP) is 4.90. The van der Waals surface area contributed by atoms with Gasteiger partial charge in [0.25, 0.3) is 0 Å². The van der Waals surface area contributed by atoms with Gasteiger partial charge in [0.2, 0.25) is 11.8 Å². The second-order valence-corrected chi connectivity index (χ2v) is 10.8. The molecule has 2 saturated carbocycles. The third-order valence-corrected chi connectivity index (χ3v) is 8.04. The molecule has 2 aliphatic rings. The van der Waals surface area contributed by atoms with Crippen LogP contribution in [0.1, 0.15) is 116 Å². The molecule has 0 heterocycles. The van der Waals surface area contributed by atoms with Gasteiger partial charge in [0.15, 0.2) is 0 Å². The summed E-state index contributed by atoms with van der Waals surface area (Å²) >= 11 is 0. The molecule has 0 spiro atoms. The van der Waals surface area contributed by atoms with Crippen LogP contribution in [0, 0.1) is 23.7 Å². The molecule has 0 aromatic heterocycles. The molecule has 0 saturated heterocycles. The summed E-state index contributed by atoms with van der Waals surface area (Å²) < 4.78 is 0. The van der Waals surface area contributed by atoms with Crippen LogP contribution in [0.5, 0.6) is 0 Å². The SMILES string of the molecule is O=C(O)[C@H]1CCCC[C@H]1C(=O)NCCCCCCCCCCCCNC(=O)[C@H]1CCCC[C@H]1C(=O)O. The van der Waals surface area contributed by atoms with Crippen molar-refractivity contribution in [1.82, 2.24) is 10.6 Å². The molecule has 0 radical (unpaired) electrons. The van der Waals surface area contributed by atoms with E-state index in [0.29, 0.717) is 38.8 Å². The normalized spacial score (nSPS) is 24.1. The van der Waals surface area contributed by atoms with Gasteiger partial charge in [0, 0.05) is 13.1 Å². The number of carboxylic acids is 2. The van der Waals surface area contributed by atoms with Crippen LogP contribution < -0.4 is 10.6 Å². The molecule has 0 aliphatic heterocycles. The van der Waals surface area contributed by atoms with Crippen molar-refractivity contribution in [2.24, 2.45) is 23.7 Å². The van der Waals surface area contributed by atoms with Gasteiger partial charge in [-0.25, -0.2) is 0 Å². The first-order chi connectivity index (χ1) is 17.4. The van der Waals surface area contributed by atoms with Gasteiger partial charge in [-0.05, 0) is 38.5 Å². The second kappa shape index (κ2) is 17.4. The Bertz CT molecular complexity index is 640. The van der Waals surface area contributed by atoms with E-state index < -0.39 is 23.8 Å². The van der Waals surface area contributed by atoms with Crippen LogP contribution in [0.25, 0.3) is 0 Å². The second-order valence-electron chi connectivity index (χ2n) is 10.8. The highest BCUT2D eigenvalue weighted by molar-refractivity contribution is 5.85. The molecular formula is C28H48N2O6. The molecule has 2 aliphatic carbocycles. The van der Waals surface area contributed by atoms with Crippen LogP contribution in [0.3, 0.4) is 0 Å². The molecule has 0 unspecified atom stereocenters. The zero-order valence-electron chi connectivity index (χ0n) is 22.0. The van der Waals surface area contributed by atoms with Gasteiger partial charge < -0.3 is 20.8 Å². The molecule has 4 atom stereocenters. The minimum atomic E-state index is -0.841. The Morgan fingerprint density at radius 2 is 0.750 bits per heavy atom. The van der Waals surface area contributed by atoms with E-state index in [1.54, 1.807) is 0 Å². The molecule has 0 bridgehead atoms. The summed E-state index contributed by atoms with van der Waals surface area (Å²) in [5, 5.41) is 24.5. The Hall–Kier alpha value is -2.12. The van der Waals surface area contributed by atoms with E-state index in [0.717, 1.165) is 64.2 Å². The van der Waals surface area contributed by atoms with Gasteiger partial charge in [0.05, 0.1) is 23.7 Å². The Kier molecular flexibility index (Phi) is 14.5. The summed E-state index contributed by atoms with van der Waals surface area (Å²) in [5.41, 5.74) is 0. The van der Waals surface area contributed by atoms with Crippen LogP contribution in [0.2, 0.25) is 0 Å². The fourth-order valence-corrected chi connectivity index (χ4v) is 5.83. The number of hydrogen-bond donors (Lipinski definition) is 4. The molecule has 0 aromatic carbocycles. The van der Waals surface area contributed by atoms with Crippen molar-refractivity contribution < 1.29 is 29.4 Å². The molecule has 2 amide bonds. The minimum Gasteiger partial charge on any atom is -0.481 e. The maximum atomic E-state index is 12.3. The van der Waals surface area contributed by atoms with Crippen LogP contribution in [0.15, 0.2) is 0 Å². The summed E-state index contributed by atoms with van der Waals surface area (Å²) in [6, 6.07) is 0. The third-order valence-electron chi connectivity index (χ3n) is 8.04. The highest BCUT2D eigenvalue weighted by Crippen LogP contribution is 2.31. The minimum absolute atomic E-state index is 0.0832. The lowest BCUT2D eigenvalue weighted by Crippen LogP contribution is -2.40. The van der Waals surface area contributed by atoms with Crippen molar-refractivity contribution in [3.63, 3.8) is 0 Å². The van der Waals surface area contributed by atoms with Crippen molar-refractivity contribution in [1.29, 1.82) is 0 Å². The lowest BCUT2D eigenvalue weighted by atomic mass is 9.78. The first-order valence-electron chi connectivity index (χ1n) is 14.4. The van der Waals surface area contributed by atoms with Gasteiger partial charge in [-0.1, -0.05) is 77.0 Å². The maximum absolute atomic E-state index is 12.3. The zero-order chi connectivity index (χ0) is 26.2. The molecular weight excluding hydrogens is 460 g/mol. The Morgan fingerprint density at radius 1 is 0.472 bits per heavy atom. The maximum Gasteiger partial charge on any atom is 0.307 e. The summed E-state index contributed by atoms with van der Waals surface area (Å²) in [7, 11) is 0. The fraction of sp³-hybridized carbons (Fsp3) is 0.857. The highest BCUT2D eigenvalue weighted by atomic mass is 16.4. The van der Waals surface area contributed by atoms with Crippen molar-refractivity contribution in [2.75, 3.05) is 13.1 Å². The van der Waals surface area contributed by atoms with Gasteiger partial charge in [-0.15, -0.1) is 0 Å². The molecule has 2 fully saturated rings. The van der Waals surface area contributed by atoms with E-state index in [1.807, 2.05) is 0 Å². The molecule has 8 nitrogen and oxygen atoms in total. The van der Waals surface area contributed by atoms with E-state index in [1.165, 1.54) is 25.7 Å². The van der Waals surface area contributed by atoms with Crippen molar-refractivity contribution in [3.05, 3.63) is 0 Å². The summed E-state index contributed by atoms with van der Waals surface area (Å²) in [5.74, 6) is -3.63. The lowest BCUT2D eigenvalue weighted by Gasteiger charge is -2.27. The van der Waals surface area contributed by atoms with E-state index >= 15 is 0 Å². The predicted molar refractivity (Wildman–Crippen MR) is 138 cm³/mol. The van der Waals surface area contributed by atoms with Crippen LogP contribution in [-0.4, -0.2) is 47.1 Å². The summed E-state index contributed by atoms with van der Waals surface area (Å²) in [6.45, 7) is 1.27. The molecule has 0 aromatic rings. The average molecular weight is 509 g/mol. The van der Waals surface area contributed by atoms with Gasteiger partial charge >= 0.3 is 11.9 Å². The molecule has 36 heavy (non-hydrogen) atoms. The average Bonchev–Trinajstić information content (AvgIpc) is 2.88. The number of carbonyl (C=O) groups is 4. The monoisotopic (exact) mass is 508 g/mol. The van der Waals surface area contributed by atoms with E-state index in [4.69, 9.17) is 0 Å². The standard InChI is InChI=1S/C28H48N2O6/c31-25(21-15-9-11-17-23(21)27(33)34)29-19-13-7-5-3-1-2-4-6-8-14-20-30-26(32)22-16-10-12-18-24(22)28(35)36/h21-24H,1-20H2,(H,29,31)(H,30,32)(H,33,34)(H,35,36)/t21-,22+,23+,24-. The molecule has 8 heteroatoms. The lowest BCUT2D eigenvalue weighted by molar-refractivity contribution is -0.149. The number of hydrogen-bond acceptors (Lipinski definition) is 4. The first-order valence-corrected chi connectivity index (χ1v) is 14.4. The Morgan fingerprint density at radius 3 is 1.06 bits per heavy atom. The van der Waals surface area contributed by atoms with Gasteiger partial charge in [-0.2, -0.15) is 0 Å². The zero-order valence-corrected chi connectivity index (χ0v) is 22.0. The largest absolute Gasteiger partial charge is 0.481 e. The Labute approximate surface area is 216 Å². The van der Waals surface area contributed by atoms with E-state index in [-0.39, 0.29) is 23.7 Å². The van der Waals surface area contributed by atoms with Crippen LogP contribution in [0.4, 0.5) is 0 Å². The van der Waals surface area contributed by atoms with E-state index in [9.17, 15) is 29.4 Å². The van der Waals surface area contributed by atoms with Crippen molar-refractivity contribution in [2.45, 2.75) is 116 Å². The number of rotatable bonds is 17. The smallest absolute Gasteiger partial charge is 0.307 e. The van der Waals surface area contributed by atoms with Crippen molar-refractivity contribution >= 4 is 23.8 Å². The summed E-state index contributed by atoms with van der Waals surface area (Å²) in [6.07, 6.45) is 17.4. The number of carboxylic acid groups (broad SMARTS) is 2. The third kappa shape index (κ3) is 10.9. The molecule has 4 N–H and O–H groups in total. The Balaban J connectivity index is 1.38. The molecule has 2 rings (SSSR count). The topological polar surface area (TPSA) is 133 Å². The number of aliphatic carboxylic acids is 2. The number of amides is 2. The van der Waals surface area contributed by atoms with Crippen LogP contribution >= 0.6 is 0 Å². The fourth-order valence-electron chi connectivity index (χ4n) is 5.83. The van der Waals surface area contributed by atoms with Crippen LogP contribution in [-0.2, 0) is 19.2 Å². The number of unbranched alkanes of at least 4 members (excludes halogenated alkanes) is 9. The summed E-state index contributed by atoms with van der Waals surface area (Å²) in [4.78, 5) is 47.4. The number of nitrogens with one attached hydrogen (secondary N) is 2. The first kappa shape index (κ1) is 30.1. The van der Waals surface area contributed by atoms with Crippen molar-refractivity contribution in [3.8, 4) is 0 Å². The van der Waals surface area contributed by atoms with Gasteiger partial charge in [-0.3, -0.25) is 19.2 Å².